The Kier molecular flexibility index (Phi) is 7.84. The summed E-state index contributed by atoms with van der Waals surface area (Å²) in [7, 11) is 0. The number of imide groups is 1. The zero-order valence-electron chi connectivity index (χ0n) is 19.2. The number of esters is 2. The predicted octanol–water partition coefficient (Wildman–Crippen LogP) is 2.18. The van der Waals surface area contributed by atoms with Crippen molar-refractivity contribution in [3.8, 4) is 0 Å². The Morgan fingerprint density at radius 2 is 1.67 bits per heavy atom. The number of benzene rings is 1. The molecule has 1 aromatic carbocycles. The van der Waals surface area contributed by atoms with Gasteiger partial charge in [-0.25, -0.2) is 9.59 Å². The number of ether oxygens (including phenoxy) is 2. The number of fused-ring (bicyclic) bond motifs is 1. The van der Waals surface area contributed by atoms with E-state index in [0.717, 1.165) is 17.7 Å². The van der Waals surface area contributed by atoms with Crippen molar-refractivity contribution in [3.05, 3.63) is 35.4 Å². The lowest BCUT2D eigenvalue weighted by molar-refractivity contribution is -0.162. The number of carbonyl (C=O) groups is 5. The minimum atomic E-state index is -1.16. The molecule has 1 aromatic rings. The van der Waals surface area contributed by atoms with Crippen LogP contribution in [0.15, 0.2) is 24.3 Å². The molecule has 3 amide bonds. The molecule has 9 nitrogen and oxygen atoms in total. The first-order valence-corrected chi connectivity index (χ1v) is 11.4. The molecular formula is C24H30N2O7. The molecule has 33 heavy (non-hydrogen) atoms. The third-order valence-electron chi connectivity index (χ3n) is 6.25. The molecular weight excluding hydrogens is 428 g/mol. The van der Waals surface area contributed by atoms with Crippen molar-refractivity contribution in [2.75, 3.05) is 19.8 Å². The number of hydrogen-bond acceptors (Lipinski definition) is 7. The SMILES string of the molecule is CCOC(=O)C1CCCCN1C(=O)COC(=O)[C@H]([C@@H](C)CC)N1C(=O)c2ccccc2C1=O. The Balaban J connectivity index is 1.72. The number of piperidine rings is 1. The van der Waals surface area contributed by atoms with Gasteiger partial charge in [-0.1, -0.05) is 32.4 Å². The first-order valence-electron chi connectivity index (χ1n) is 11.4. The lowest BCUT2D eigenvalue weighted by atomic mass is 9.97. The fourth-order valence-corrected chi connectivity index (χ4v) is 4.29. The average Bonchev–Trinajstić information content (AvgIpc) is 3.08. The summed E-state index contributed by atoms with van der Waals surface area (Å²) in [6, 6.07) is 4.54. The number of likely N-dealkylation sites (tertiary alicyclic amines) is 1. The van der Waals surface area contributed by atoms with Crippen LogP contribution in [0.2, 0.25) is 0 Å². The maximum absolute atomic E-state index is 13.0. The average molecular weight is 459 g/mol. The molecule has 3 rings (SSSR count). The van der Waals surface area contributed by atoms with Crippen LogP contribution in [0, 0.1) is 5.92 Å². The van der Waals surface area contributed by atoms with E-state index in [-0.39, 0.29) is 23.7 Å². The predicted molar refractivity (Wildman–Crippen MR) is 117 cm³/mol. The fourth-order valence-electron chi connectivity index (χ4n) is 4.29. The minimum Gasteiger partial charge on any atom is -0.464 e. The number of rotatable bonds is 8. The van der Waals surface area contributed by atoms with Crippen molar-refractivity contribution >= 4 is 29.7 Å². The van der Waals surface area contributed by atoms with Gasteiger partial charge in [0, 0.05) is 6.54 Å². The summed E-state index contributed by atoms with van der Waals surface area (Å²) < 4.78 is 10.4. The maximum Gasteiger partial charge on any atom is 0.330 e. The zero-order valence-corrected chi connectivity index (χ0v) is 19.2. The fraction of sp³-hybridized carbons (Fsp3) is 0.542. The van der Waals surface area contributed by atoms with Gasteiger partial charge in [0.05, 0.1) is 17.7 Å². The Morgan fingerprint density at radius 3 is 2.24 bits per heavy atom. The van der Waals surface area contributed by atoms with E-state index in [2.05, 4.69) is 0 Å². The molecule has 0 aromatic heterocycles. The largest absolute Gasteiger partial charge is 0.464 e. The molecule has 2 heterocycles. The van der Waals surface area contributed by atoms with Crippen LogP contribution in [0.3, 0.4) is 0 Å². The molecule has 0 bridgehead atoms. The van der Waals surface area contributed by atoms with Crippen molar-refractivity contribution in [1.82, 2.24) is 9.80 Å². The molecule has 1 saturated heterocycles. The molecule has 0 aliphatic carbocycles. The van der Waals surface area contributed by atoms with E-state index in [4.69, 9.17) is 9.47 Å². The van der Waals surface area contributed by atoms with Crippen LogP contribution >= 0.6 is 0 Å². The van der Waals surface area contributed by atoms with Crippen LogP contribution in [0.4, 0.5) is 0 Å². The van der Waals surface area contributed by atoms with E-state index in [1.165, 1.54) is 4.90 Å². The Labute approximate surface area is 193 Å². The second-order valence-corrected chi connectivity index (χ2v) is 8.31. The zero-order chi connectivity index (χ0) is 24.1. The number of nitrogens with zero attached hydrogens (tertiary/aromatic N) is 2. The summed E-state index contributed by atoms with van der Waals surface area (Å²) in [4.78, 5) is 66.2. The van der Waals surface area contributed by atoms with E-state index in [1.54, 1.807) is 38.1 Å². The molecule has 0 spiro atoms. The lowest BCUT2D eigenvalue weighted by Gasteiger charge is -2.34. The molecule has 2 aliphatic rings. The van der Waals surface area contributed by atoms with Gasteiger partial charge in [-0.15, -0.1) is 0 Å². The smallest absolute Gasteiger partial charge is 0.330 e. The topological polar surface area (TPSA) is 110 Å². The monoisotopic (exact) mass is 458 g/mol. The maximum atomic E-state index is 13.0. The van der Waals surface area contributed by atoms with Gasteiger partial charge in [-0.2, -0.15) is 0 Å². The van der Waals surface area contributed by atoms with E-state index >= 15 is 0 Å². The highest BCUT2D eigenvalue weighted by molar-refractivity contribution is 6.22. The minimum absolute atomic E-state index is 0.212. The first-order chi connectivity index (χ1) is 15.8. The van der Waals surface area contributed by atoms with Gasteiger partial charge in [0.15, 0.2) is 6.61 Å². The van der Waals surface area contributed by atoms with Crippen LogP contribution in [0.25, 0.3) is 0 Å². The highest BCUT2D eigenvalue weighted by atomic mass is 16.5. The molecule has 0 radical (unpaired) electrons. The molecule has 3 atom stereocenters. The third kappa shape index (κ3) is 4.91. The Hall–Kier alpha value is -3.23. The highest BCUT2D eigenvalue weighted by Gasteiger charge is 2.45. The van der Waals surface area contributed by atoms with Crippen LogP contribution in [0.5, 0.6) is 0 Å². The quantitative estimate of drug-likeness (QED) is 0.434. The van der Waals surface area contributed by atoms with Crippen molar-refractivity contribution < 1.29 is 33.4 Å². The number of carbonyl (C=O) groups excluding carboxylic acids is 5. The van der Waals surface area contributed by atoms with Crippen molar-refractivity contribution in [2.24, 2.45) is 5.92 Å². The highest BCUT2D eigenvalue weighted by Crippen LogP contribution is 2.29. The molecule has 2 aliphatic heterocycles. The van der Waals surface area contributed by atoms with Gasteiger partial charge in [-0.3, -0.25) is 19.3 Å². The van der Waals surface area contributed by atoms with Gasteiger partial charge in [-0.05, 0) is 44.2 Å². The van der Waals surface area contributed by atoms with Crippen molar-refractivity contribution in [3.63, 3.8) is 0 Å². The molecule has 178 valence electrons. The number of hydrogen-bond donors (Lipinski definition) is 0. The Morgan fingerprint density at radius 1 is 1.03 bits per heavy atom. The summed E-state index contributed by atoms with van der Waals surface area (Å²) in [5.74, 6) is -3.29. The van der Waals surface area contributed by atoms with Gasteiger partial charge in [0.25, 0.3) is 17.7 Å². The third-order valence-corrected chi connectivity index (χ3v) is 6.25. The molecule has 9 heteroatoms. The summed E-state index contributed by atoms with van der Waals surface area (Å²) in [6.45, 7) is 5.29. The molecule has 1 fully saturated rings. The van der Waals surface area contributed by atoms with E-state index in [9.17, 15) is 24.0 Å². The summed E-state index contributed by atoms with van der Waals surface area (Å²) in [5, 5.41) is 0. The van der Waals surface area contributed by atoms with Crippen molar-refractivity contribution in [2.45, 2.75) is 58.5 Å². The number of amides is 3. The summed E-state index contributed by atoms with van der Waals surface area (Å²) >= 11 is 0. The first kappa shape index (κ1) is 24.4. The second-order valence-electron chi connectivity index (χ2n) is 8.31. The van der Waals surface area contributed by atoms with Crippen LogP contribution in [-0.4, -0.2) is 71.3 Å². The lowest BCUT2D eigenvalue weighted by Crippen LogP contribution is -2.52. The van der Waals surface area contributed by atoms with Crippen LogP contribution in [-0.2, 0) is 23.9 Å². The van der Waals surface area contributed by atoms with Gasteiger partial charge < -0.3 is 14.4 Å². The van der Waals surface area contributed by atoms with Gasteiger partial charge in [0.2, 0.25) is 0 Å². The standard InChI is InChI=1S/C24H30N2O7/c1-4-15(3)20(26-21(28)16-10-6-7-11-17(16)22(26)29)24(31)33-14-19(27)25-13-9-8-12-18(25)23(30)32-5-2/h6-7,10-11,15,18,20H,4-5,8-9,12-14H2,1-3H3/t15-,18?,20-/m0/s1. The Bertz CT molecular complexity index is 909. The molecule has 0 saturated carbocycles. The van der Waals surface area contributed by atoms with Crippen molar-refractivity contribution in [1.29, 1.82) is 0 Å². The molecule has 0 N–H and O–H groups in total. The van der Waals surface area contributed by atoms with Gasteiger partial charge in [0.1, 0.15) is 12.1 Å². The van der Waals surface area contributed by atoms with Crippen LogP contribution in [0.1, 0.15) is 67.2 Å². The van der Waals surface area contributed by atoms with E-state index < -0.39 is 48.4 Å². The van der Waals surface area contributed by atoms with Crippen LogP contribution < -0.4 is 0 Å². The summed E-state index contributed by atoms with van der Waals surface area (Å²) in [5.41, 5.74) is 0.482. The van der Waals surface area contributed by atoms with E-state index in [1.807, 2.05) is 6.92 Å². The summed E-state index contributed by atoms with van der Waals surface area (Å²) in [6.07, 6.45) is 2.53. The van der Waals surface area contributed by atoms with E-state index in [0.29, 0.717) is 19.4 Å². The van der Waals surface area contributed by atoms with Gasteiger partial charge >= 0.3 is 11.9 Å². The normalized spacial score (nSPS) is 19.7. The molecule has 1 unspecified atom stereocenters. The second kappa shape index (κ2) is 10.6.